The van der Waals surface area contributed by atoms with Crippen molar-refractivity contribution in [3.63, 3.8) is 0 Å². The number of para-hydroxylation sites is 1. The summed E-state index contributed by atoms with van der Waals surface area (Å²) >= 11 is 0. The Bertz CT molecular complexity index is 663. The largest absolute Gasteiger partial charge is 0.478 e. The van der Waals surface area contributed by atoms with E-state index >= 15 is 0 Å². The third-order valence-electron chi connectivity index (χ3n) is 2.76. The van der Waals surface area contributed by atoms with Crippen LogP contribution in [-0.2, 0) is 0 Å². The van der Waals surface area contributed by atoms with Crippen molar-refractivity contribution >= 4 is 17.6 Å². The van der Waals surface area contributed by atoms with Gasteiger partial charge in [0.25, 0.3) is 0 Å². The number of aryl methyl sites for hydroxylation is 1. The molecule has 1 heterocycles. The molecule has 0 atom stereocenters. The molecule has 0 saturated carbocycles. The van der Waals surface area contributed by atoms with Gasteiger partial charge in [-0.1, -0.05) is 24.1 Å². The minimum Gasteiger partial charge on any atom is -0.478 e. The zero-order chi connectivity index (χ0) is 14.5. The lowest BCUT2D eigenvalue weighted by molar-refractivity contribution is 0.0695. The standard InChI is InChI=1S/C15H13N3O2/c1-3-9-18(12-7-5-4-6-8-12)15-16-10-13(14(19)20)11(2)17-15/h1,4-8,10H,9H2,2H3,(H,19,20). The lowest BCUT2D eigenvalue weighted by atomic mass is 10.2. The predicted octanol–water partition coefficient (Wildman–Crippen LogP) is 2.25. The summed E-state index contributed by atoms with van der Waals surface area (Å²) in [5.41, 5.74) is 1.34. The van der Waals surface area contributed by atoms with Crippen LogP contribution >= 0.6 is 0 Å². The summed E-state index contributed by atoms with van der Waals surface area (Å²) in [5.74, 6) is 1.89. The molecule has 5 heteroatoms. The maximum atomic E-state index is 11.0. The Morgan fingerprint density at radius 3 is 2.65 bits per heavy atom. The van der Waals surface area contributed by atoms with Crippen LogP contribution in [0.1, 0.15) is 16.1 Å². The first kappa shape index (κ1) is 13.6. The summed E-state index contributed by atoms with van der Waals surface area (Å²) in [5, 5.41) is 8.99. The Kier molecular flexibility index (Phi) is 3.96. The number of rotatable bonds is 4. The number of hydrogen-bond donors (Lipinski definition) is 1. The summed E-state index contributed by atoms with van der Waals surface area (Å²) in [7, 11) is 0. The Morgan fingerprint density at radius 1 is 1.40 bits per heavy atom. The molecule has 100 valence electrons. The molecular weight excluding hydrogens is 254 g/mol. The minimum absolute atomic E-state index is 0.0856. The molecule has 0 saturated heterocycles. The Balaban J connectivity index is 2.43. The fourth-order valence-electron chi connectivity index (χ4n) is 1.77. The molecule has 2 rings (SSSR count). The molecule has 5 nitrogen and oxygen atoms in total. The van der Waals surface area contributed by atoms with Crippen LogP contribution in [0.5, 0.6) is 0 Å². The zero-order valence-corrected chi connectivity index (χ0v) is 10.9. The fourth-order valence-corrected chi connectivity index (χ4v) is 1.77. The highest BCUT2D eigenvalue weighted by Gasteiger charge is 2.15. The molecule has 0 bridgehead atoms. The normalized spacial score (nSPS) is 9.80. The van der Waals surface area contributed by atoms with Crippen molar-refractivity contribution in [3.05, 3.63) is 47.8 Å². The van der Waals surface area contributed by atoms with Crippen molar-refractivity contribution in [2.24, 2.45) is 0 Å². The van der Waals surface area contributed by atoms with E-state index < -0.39 is 5.97 Å². The molecular formula is C15H13N3O2. The van der Waals surface area contributed by atoms with Crippen LogP contribution < -0.4 is 4.90 Å². The quantitative estimate of drug-likeness (QED) is 0.861. The number of anilines is 2. The van der Waals surface area contributed by atoms with E-state index in [-0.39, 0.29) is 5.56 Å². The van der Waals surface area contributed by atoms with Gasteiger partial charge in [0.05, 0.1) is 17.8 Å². The van der Waals surface area contributed by atoms with Crippen LogP contribution in [0.25, 0.3) is 0 Å². The van der Waals surface area contributed by atoms with Crippen LogP contribution in [0.4, 0.5) is 11.6 Å². The number of hydrogen-bond acceptors (Lipinski definition) is 4. The molecule has 1 aromatic carbocycles. The van der Waals surface area contributed by atoms with Crippen molar-refractivity contribution in [1.82, 2.24) is 9.97 Å². The van der Waals surface area contributed by atoms with Gasteiger partial charge in [-0.2, -0.15) is 0 Å². The molecule has 0 radical (unpaired) electrons. The van der Waals surface area contributed by atoms with Gasteiger partial charge in [0.2, 0.25) is 5.95 Å². The van der Waals surface area contributed by atoms with Gasteiger partial charge in [-0.05, 0) is 19.1 Å². The van der Waals surface area contributed by atoms with E-state index in [0.29, 0.717) is 18.2 Å². The molecule has 1 N–H and O–H groups in total. The number of benzene rings is 1. The number of nitrogens with zero attached hydrogens (tertiary/aromatic N) is 3. The number of carboxylic acid groups (broad SMARTS) is 1. The molecule has 0 spiro atoms. The molecule has 2 aromatic rings. The Labute approximate surface area is 116 Å². The lowest BCUT2D eigenvalue weighted by Crippen LogP contribution is -2.20. The van der Waals surface area contributed by atoms with Crippen LogP contribution in [0.2, 0.25) is 0 Å². The van der Waals surface area contributed by atoms with Crippen LogP contribution in [0, 0.1) is 19.3 Å². The predicted molar refractivity (Wildman–Crippen MR) is 76.0 cm³/mol. The zero-order valence-electron chi connectivity index (χ0n) is 10.9. The van der Waals surface area contributed by atoms with Gasteiger partial charge in [0.1, 0.15) is 0 Å². The van der Waals surface area contributed by atoms with Crippen molar-refractivity contribution in [1.29, 1.82) is 0 Å². The average Bonchev–Trinajstić information content (AvgIpc) is 2.45. The molecule has 0 aliphatic rings. The summed E-state index contributed by atoms with van der Waals surface area (Å²) in [4.78, 5) is 21.0. The molecule has 0 amide bonds. The minimum atomic E-state index is -1.04. The lowest BCUT2D eigenvalue weighted by Gasteiger charge is -2.20. The first-order valence-electron chi connectivity index (χ1n) is 5.96. The van der Waals surface area contributed by atoms with Gasteiger partial charge < -0.3 is 5.11 Å². The molecule has 20 heavy (non-hydrogen) atoms. The highest BCUT2D eigenvalue weighted by Crippen LogP contribution is 2.21. The van der Waals surface area contributed by atoms with Gasteiger partial charge in [-0.3, -0.25) is 4.90 Å². The summed E-state index contributed by atoms with van der Waals surface area (Å²) in [6.45, 7) is 1.93. The van der Waals surface area contributed by atoms with Gasteiger partial charge >= 0.3 is 5.97 Å². The Hall–Kier alpha value is -2.87. The molecule has 1 aromatic heterocycles. The maximum absolute atomic E-state index is 11.0. The van der Waals surface area contributed by atoms with Crippen molar-refractivity contribution in [2.45, 2.75) is 6.92 Å². The Morgan fingerprint density at radius 2 is 2.10 bits per heavy atom. The van der Waals surface area contributed by atoms with Crippen molar-refractivity contribution in [2.75, 3.05) is 11.4 Å². The first-order chi connectivity index (χ1) is 9.63. The van der Waals surface area contributed by atoms with Gasteiger partial charge in [-0.15, -0.1) is 6.42 Å². The van der Waals surface area contributed by atoms with Crippen molar-refractivity contribution < 1.29 is 9.90 Å². The van der Waals surface area contributed by atoms with Crippen LogP contribution in [0.3, 0.4) is 0 Å². The van der Waals surface area contributed by atoms with E-state index in [1.807, 2.05) is 30.3 Å². The number of carbonyl (C=O) groups is 1. The van der Waals surface area contributed by atoms with Gasteiger partial charge in [-0.25, -0.2) is 14.8 Å². The summed E-state index contributed by atoms with van der Waals surface area (Å²) in [6.07, 6.45) is 6.68. The van der Waals surface area contributed by atoms with Crippen LogP contribution in [-0.4, -0.2) is 27.6 Å². The van der Waals surface area contributed by atoms with E-state index in [9.17, 15) is 4.79 Å². The third kappa shape index (κ3) is 2.75. The third-order valence-corrected chi connectivity index (χ3v) is 2.76. The highest BCUT2D eigenvalue weighted by atomic mass is 16.4. The first-order valence-corrected chi connectivity index (χ1v) is 5.96. The number of aromatic carboxylic acids is 1. The molecule has 0 fully saturated rings. The average molecular weight is 267 g/mol. The van der Waals surface area contributed by atoms with Crippen LogP contribution in [0.15, 0.2) is 36.5 Å². The number of terminal acetylenes is 1. The smallest absolute Gasteiger partial charge is 0.339 e. The number of aromatic nitrogens is 2. The van der Waals surface area contributed by atoms with Gasteiger partial charge in [0.15, 0.2) is 0 Å². The summed E-state index contributed by atoms with van der Waals surface area (Å²) < 4.78 is 0. The van der Waals surface area contributed by atoms with E-state index in [4.69, 9.17) is 11.5 Å². The maximum Gasteiger partial charge on any atom is 0.339 e. The molecule has 0 aliphatic heterocycles. The highest BCUT2D eigenvalue weighted by molar-refractivity contribution is 5.88. The monoisotopic (exact) mass is 267 g/mol. The van der Waals surface area contributed by atoms with E-state index in [1.165, 1.54) is 6.20 Å². The van der Waals surface area contributed by atoms with E-state index in [2.05, 4.69) is 15.9 Å². The molecule has 0 unspecified atom stereocenters. The van der Waals surface area contributed by atoms with Gasteiger partial charge in [0, 0.05) is 11.9 Å². The second-order valence-electron chi connectivity index (χ2n) is 4.10. The second kappa shape index (κ2) is 5.85. The topological polar surface area (TPSA) is 66.3 Å². The van der Waals surface area contributed by atoms with E-state index in [1.54, 1.807) is 11.8 Å². The molecule has 0 aliphatic carbocycles. The SMILES string of the molecule is C#CCN(c1ccccc1)c1ncc(C(=O)O)c(C)n1. The van der Waals surface area contributed by atoms with E-state index in [0.717, 1.165) is 5.69 Å². The van der Waals surface area contributed by atoms with Crippen molar-refractivity contribution in [3.8, 4) is 12.3 Å². The summed E-state index contributed by atoms with van der Waals surface area (Å²) in [6, 6.07) is 9.45. The second-order valence-corrected chi connectivity index (χ2v) is 4.10. The fraction of sp³-hybridized carbons (Fsp3) is 0.133. The number of carboxylic acids is 1.